The minimum Gasteiger partial charge on any atom is -0.350 e. The van der Waals surface area contributed by atoms with Gasteiger partial charge in [-0.3, -0.25) is 9.59 Å². The highest BCUT2D eigenvalue weighted by atomic mass is 35.5. The van der Waals surface area contributed by atoms with Gasteiger partial charge < -0.3 is 9.88 Å². The molecule has 6 nitrogen and oxygen atoms in total. The highest BCUT2D eigenvalue weighted by Crippen LogP contribution is 2.27. The molecule has 1 N–H and O–H groups in total. The molecule has 0 saturated heterocycles. The summed E-state index contributed by atoms with van der Waals surface area (Å²) in [5.74, 6) is -0.287. The van der Waals surface area contributed by atoms with Gasteiger partial charge in [0.05, 0.1) is 6.20 Å². The third-order valence-electron chi connectivity index (χ3n) is 6.06. The molecular formula is C27H23ClN4O2. The van der Waals surface area contributed by atoms with E-state index < -0.39 is 0 Å². The maximum Gasteiger partial charge on any atom is 0.291 e. The van der Waals surface area contributed by atoms with E-state index in [0.717, 1.165) is 33.0 Å². The first-order chi connectivity index (χ1) is 16.5. The van der Waals surface area contributed by atoms with Gasteiger partial charge in [-0.2, -0.15) is 5.10 Å². The second-order valence-electron chi connectivity index (χ2n) is 8.30. The van der Waals surface area contributed by atoms with E-state index in [1.165, 1.54) is 4.68 Å². The highest BCUT2D eigenvalue weighted by molar-refractivity contribution is 6.30. The Labute approximate surface area is 201 Å². The molecule has 5 aromatic rings. The monoisotopic (exact) mass is 470 g/mol. The smallest absolute Gasteiger partial charge is 0.291 e. The second kappa shape index (κ2) is 9.15. The first-order valence-electron chi connectivity index (χ1n) is 11.0. The van der Waals surface area contributed by atoms with E-state index in [9.17, 15) is 9.59 Å². The third kappa shape index (κ3) is 4.20. The van der Waals surface area contributed by atoms with Crippen LogP contribution >= 0.6 is 11.6 Å². The first-order valence-corrected chi connectivity index (χ1v) is 11.4. The van der Waals surface area contributed by atoms with Crippen LogP contribution in [0.1, 0.15) is 16.7 Å². The van der Waals surface area contributed by atoms with Crippen LogP contribution in [0.5, 0.6) is 0 Å². The van der Waals surface area contributed by atoms with Crippen LogP contribution in [0.3, 0.4) is 0 Å². The predicted octanol–water partition coefficient (Wildman–Crippen LogP) is 4.68. The van der Waals surface area contributed by atoms with Gasteiger partial charge in [-0.15, -0.1) is 0 Å². The van der Waals surface area contributed by atoms with E-state index in [0.29, 0.717) is 23.6 Å². The van der Waals surface area contributed by atoms with Crippen molar-refractivity contribution < 1.29 is 4.79 Å². The number of carbonyl (C=O) groups excluding carboxylic acids is 1. The number of halogens is 1. The highest BCUT2D eigenvalue weighted by Gasteiger charge is 2.17. The van der Waals surface area contributed by atoms with Crippen LogP contribution in [0.2, 0.25) is 5.02 Å². The van der Waals surface area contributed by atoms with Crippen molar-refractivity contribution in [3.05, 3.63) is 111 Å². The Morgan fingerprint density at radius 1 is 0.971 bits per heavy atom. The maximum atomic E-state index is 13.5. The predicted molar refractivity (Wildman–Crippen MR) is 135 cm³/mol. The van der Waals surface area contributed by atoms with Gasteiger partial charge in [-0.1, -0.05) is 66.2 Å². The van der Waals surface area contributed by atoms with E-state index in [1.54, 1.807) is 18.3 Å². The van der Waals surface area contributed by atoms with Crippen LogP contribution in [0, 0.1) is 6.92 Å². The minimum atomic E-state index is -0.288. The molecule has 0 atom stereocenters. The van der Waals surface area contributed by atoms with Crippen molar-refractivity contribution >= 4 is 39.3 Å². The molecular weight excluding hydrogens is 448 g/mol. The summed E-state index contributed by atoms with van der Waals surface area (Å²) in [6.07, 6.45) is 1.68. The minimum absolute atomic E-state index is 0.158. The van der Waals surface area contributed by atoms with E-state index in [-0.39, 0.29) is 18.0 Å². The average Bonchev–Trinajstić information content (AvgIpc) is 3.16. The zero-order valence-corrected chi connectivity index (χ0v) is 19.4. The van der Waals surface area contributed by atoms with Crippen LogP contribution in [0.15, 0.2) is 83.8 Å². The topological polar surface area (TPSA) is 68.9 Å². The van der Waals surface area contributed by atoms with Gasteiger partial charge in [-0.25, -0.2) is 4.68 Å². The summed E-state index contributed by atoms with van der Waals surface area (Å²) in [5.41, 5.74) is 4.43. The maximum absolute atomic E-state index is 13.5. The zero-order valence-electron chi connectivity index (χ0n) is 18.7. The number of hydrogen-bond donors (Lipinski definition) is 1. The summed E-state index contributed by atoms with van der Waals surface area (Å²) in [6.45, 7) is 2.81. The number of fused-ring (bicyclic) bond motifs is 3. The lowest BCUT2D eigenvalue weighted by atomic mass is 10.1. The molecule has 0 radical (unpaired) electrons. The number of nitrogens with one attached hydrogen (secondary N) is 1. The van der Waals surface area contributed by atoms with Crippen molar-refractivity contribution in [2.24, 2.45) is 0 Å². The van der Waals surface area contributed by atoms with Crippen molar-refractivity contribution in [2.45, 2.75) is 26.6 Å². The van der Waals surface area contributed by atoms with Crippen LogP contribution in [0.4, 0.5) is 0 Å². The SMILES string of the molecule is Cc1ccccc1Cn1c2ccccc2c2cnn(CC(=O)NCc3ccc(Cl)cc3)c(=O)c21. The summed E-state index contributed by atoms with van der Waals surface area (Å²) in [5, 5.41) is 9.55. The molecule has 0 aliphatic rings. The van der Waals surface area contributed by atoms with E-state index in [1.807, 2.05) is 53.1 Å². The van der Waals surface area contributed by atoms with Gasteiger partial charge in [0.2, 0.25) is 5.91 Å². The molecule has 0 unspecified atom stereocenters. The number of rotatable bonds is 6. The van der Waals surface area contributed by atoms with Crippen LogP contribution in [-0.2, 0) is 24.4 Å². The van der Waals surface area contributed by atoms with Crippen LogP contribution in [-0.4, -0.2) is 20.3 Å². The molecule has 0 spiro atoms. The average molecular weight is 471 g/mol. The van der Waals surface area contributed by atoms with Gasteiger partial charge in [0.1, 0.15) is 12.1 Å². The fourth-order valence-electron chi connectivity index (χ4n) is 4.22. The van der Waals surface area contributed by atoms with Crippen molar-refractivity contribution in [2.75, 3.05) is 0 Å². The lowest BCUT2D eigenvalue weighted by Gasteiger charge is -2.11. The normalized spacial score (nSPS) is 11.2. The summed E-state index contributed by atoms with van der Waals surface area (Å²) < 4.78 is 3.26. The fraction of sp³-hybridized carbons (Fsp3) is 0.148. The molecule has 1 amide bonds. The van der Waals surface area contributed by atoms with E-state index in [2.05, 4.69) is 29.5 Å². The molecule has 0 aliphatic heterocycles. The number of aromatic nitrogens is 3. The van der Waals surface area contributed by atoms with Gasteiger partial charge in [0.25, 0.3) is 5.56 Å². The summed E-state index contributed by atoms with van der Waals surface area (Å²) in [6, 6.07) is 23.3. The van der Waals surface area contributed by atoms with Gasteiger partial charge >= 0.3 is 0 Å². The van der Waals surface area contributed by atoms with E-state index in [4.69, 9.17) is 11.6 Å². The molecule has 0 bridgehead atoms. The quantitative estimate of drug-likeness (QED) is 0.392. The standard InChI is InChI=1S/C27H23ClN4O2/c1-18-6-2-3-7-20(18)16-31-24-9-5-4-8-22(24)23-15-30-32(27(34)26(23)31)17-25(33)29-14-19-10-12-21(28)13-11-19/h2-13,15H,14,16-17H2,1H3,(H,29,33). The molecule has 0 aliphatic carbocycles. The molecule has 34 heavy (non-hydrogen) atoms. The Kier molecular flexibility index (Phi) is 5.90. The van der Waals surface area contributed by atoms with Gasteiger partial charge in [-0.05, 0) is 41.8 Å². The number of nitrogens with zero attached hydrogens (tertiary/aromatic N) is 3. The van der Waals surface area contributed by atoms with Gasteiger partial charge in [0.15, 0.2) is 0 Å². The number of para-hydroxylation sites is 1. The number of carbonyl (C=O) groups is 1. The number of hydrogen-bond acceptors (Lipinski definition) is 3. The molecule has 170 valence electrons. The van der Waals surface area contributed by atoms with Crippen LogP contribution < -0.4 is 10.9 Å². The first kappa shape index (κ1) is 21.9. The van der Waals surface area contributed by atoms with Crippen molar-refractivity contribution in [3.63, 3.8) is 0 Å². The molecule has 5 rings (SSSR count). The number of benzene rings is 3. The molecule has 2 heterocycles. The molecule has 2 aromatic heterocycles. The summed E-state index contributed by atoms with van der Waals surface area (Å²) in [7, 11) is 0. The molecule has 0 saturated carbocycles. The third-order valence-corrected chi connectivity index (χ3v) is 6.31. The molecule has 7 heteroatoms. The number of aryl methyl sites for hydroxylation is 1. The largest absolute Gasteiger partial charge is 0.350 e. The zero-order chi connectivity index (χ0) is 23.7. The summed E-state index contributed by atoms with van der Waals surface area (Å²) >= 11 is 5.91. The van der Waals surface area contributed by atoms with Gasteiger partial charge in [0, 0.05) is 34.4 Å². The second-order valence-corrected chi connectivity index (χ2v) is 8.74. The lowest BCUT2D eigenvalue weighted by molar-refractivity contribution is -0.122. The Hall–Kier alpha value is -3.90. The Morgan fingerprint density at radius 2 is 1.71 bits per heavy atom. The summed E-state index contributed by atoms with van der Waals surface area (Å²) in [4.78, 5) is 26.1. The van der Waals surface area contributed by atoms with E-state index >= 15 is 0 Å². The van der Waals surface area contributed by atoms with Crippen molar-refractivity contribution in [3.8, 4) is 0 Å². The Balaban J connectivity index is 1.49. The van der Waals surface area contributed by atoms with Crippen molar-refractivity contribution in [1.82, 2.24) is 19.7 Å². The Morgan fingerprint density at radius 3 is 2.50 bits per heavy atom. The lowest BCUT2D eigenvalue weighted by Crippen LogP contribution is -2.33. The molecule has 0 fully saturated rings. The Bertz CT molecular complexity index is 1570. The fourth-order valence-corrected chi connectivity index (χ4v) is 4.35. The molecule has 3 aromatic carbocycles. The number of amides is 1. The van der Waals surface area contributed by atoms with Crippen LogP contribution in [0.25, 0.3) is 21.8 Å². The van der Waals surface area contributed by atoms with Crippen molar-refractivity contribution in [1.29, 1.82) is 0 Å².